The fourth-order valence-corrected chi connectivity index (χ4v) is 3.15. The number of hydrogen-bond donors (Lipinski definition) is 2. The molecule has 6 nitrogen and oxygen atoms in total. The van der Waals surface area contributed by atoms with Crippen molar-refractivity contribution in [3.63, 3.8) is 0 Å². The van der Waals surface area contributed by atoms with E-state index >= 15 is 0 Å². The molecule has 2 heterocycles. The number of nitrogens with zero attached hydrogens (tertiary/aromatic N) is 2. The summed E-state index contributed by atoms with van der Waals surface area (Å²) in [7, 11) is 0. The Labute approximate surface area is 137 Å². The highest BCUT2D eigenvalue weighted by Crippen LogP contribution is 2.28. The Hall–Kier alpha value is -1.95. The van der Waals surface area contributed by atoms with Crippen LogP contribution in [0.15, 0.2) is 18.2 Å². The zero-order chi connectivity index (χ0) is 17.0. The lowest BCUT2D eigenvalue weighted by molar-refractivity contribution is -0.133. The van der Waals surface area contributed by atoms with E-state index in [9.17, 15) is 9.59 Å². The van der Waals surface area contributed by atoms with Crippen molar-refractivity contribution in [2.24, 2.45) is 17.6 Å². The molecule has 2 rings (SSSR count). The molecule has 23 heavy (non-hydrogen) atoms. The van der Waals surface area contributed by atoms with Gasteiger partial charge in [-0.1, -0.05) is 13.0 Å². The highest BCUT2D eigenvalue weighted by atomic mass is 16.2. The van der Waals surface area contributed by atoms with Gasteiger partial charge in [0.05, 0.1) is 6.04 Å². The van der Waals surface area contributed by atoms with E-state index in [2.05, 4.69) is 11.9 Å². The van der Waals surface area contributed by atoms with Crippen molar-refractivity contribution in [3.8, 4) is 0 Å². The normalized spacial score (nSPS) is 18.5. The number of carbonyl (C=O) groups is 2. The van der Waals surface area contributed by atoms with Crippen LogP contribution in [0.1, 0.15) is 43.6 Å². The highest BCUT2D eigenvalue weighted by molar-refractivity contribution is 5.94. The fraction of sp³-hybridized carbons (Fsp3) is 0.588. The van der Waals surface area contributed by atoms with Crippen LogP contribution in [-0.2, 0) is 4.79 Å². The van der Waals surface area contributed by atoms with Crippen molar-refractivity contribution in [2.75, 3.05) is 18.8 Å². The van der Waals surface area contributed by atoms with Crippen LogP contribution >= 0.6 is 0 Å². The van der Waals surface area contributed by atoms with Crippen molar-refractivity contribution >= 4 is 17.5 Å². The number of amides is 1. The van der Waals surface area contributed by atoms with E-state index in [1.165, 1.54) is 0 Å². The number of hydrogen-bond acceptors (Lipinski definition) is 5. The monoisotopic (exact) mass is 318 g/mol. The van der Waals surface area contributed by atoms with Crippen LogP contribution in [0.25, 0.3) is 0 Å². The van der Waals surface area contributed by atoms with Gasteiger partial charge in [0.15, 0.2) is 5.78 Å². The summed E-state index contributed by atoms with van der Waals surface area (Å²) in [6.45, 7) is 5.26. The number of carbonyl (C=O) groups excluding carboxylic acids is 2. The number of likely N-dealkylation sites (tertiary alicyclic amines) is 1. The number of nitrogen functional groups attached to an aromatic ring is 1. The van der Waals surface area contributed by atoms with E-state index in [1.807, 2.05) is 4.90 Å². The first-order chi connectivity index (χ1) is 10.9. The maximum Gasteiger partial charge on any atom is 0.239 e. The van der Waals surface area contributed by atoms with Crippen molar-refractivity contribution in [2.45, 2.75) is 39.2 Å². The van der Waals surface area contributed by atoms with Gasteiger partial charge in [-0.2, -0.15) is 0 Å². The Morgan fingerprint density at radius 3 is 2.52 bits per heavy atom. The summed E-state index contributed by atoms with van der Waals surface area (Å²) in [6, 6.07) is 4.68. The lowest BCUT2D eigenvalue weighted by Crippen LogP contribution is -2.46. The molecule has 1 fully saturated rings. The molecule has 1 aromatic heterocycles. The summed E-state index contributed by atoms with van der Waals surface area (Å²) >= 11 is 0. The number of Topliss-reactive ketones (excluding diaryl/α,β-unsaturated/α-hetero) is 1. The standard InChI is InChI=1S/C17H26N4O2/c1-11(10-15(22)14-4-3-5-16(19)20-14)13-6-8-21(9-7-13)17(23)12(2)18/h3-5,11-13H,6-10,18H2,1-2H3,(H2,19,20)/t11?,12-/m0/s1. The van der Waals surface area contributed by atoms with Crippen LogP contribution in [0.2, 0.25) is 0 Å². The Balaban J connectivity index is 1.86. The van der Waals surface area contributed by atoms with Gasteiger partial charge >= 0.3 is 0 Å². The van der Waals surface area contributed by atoms with Crippen molar-refractivity contribution < 1.29 is 9.59 Å². The van der Waals surface area contributed by atoms with Gasteiger partial charge in [0.1, 0.15) is 11.5 Å². The summed E-state index contributed by atoms with van der Waals surface area (Å²) in [5, 5.41) is 0. The Morgan fingerprint density at radius 1 is 1.30 bits per heavy atom. The summed E-state index contributed by atoms with van der Waals surface area (Å²) in [6.07, 6.45) is 2.29. The van der Waals surface area contributed by atoms with Crippen LogP contribution in [-0.4, -0.2) is 40.7 Å². The molecule has 4 N–H and O–H groups in total. The summed E-state index contributed by atoms with van der Waals surface area (Å²) in [5.74, 6) is 1.11. The third-order valence-corrected chi connectivity index (χ3v) is 4.61. The van der Waals surface area contributed by atoms with Crippen molar-refractivity contribution in [1.82, 2.24) is 9.88 Å². The zero-order valence-electron chi connectivity index (χ0n) is 13.9. The summed E-state index contributed by atoms with van der Waals surface area (Å²) < 4.78 is 0. The molecule has 1 aliphatic rings. The zero-order valence-corrected chi connectivity index (χ0v) is 13.9. The van der Waals surface area contributed by atoms with Gasteiger partial charge in [-0.3, -0.25) is 9.59 Å². The Bertz CT molecular complexity index is 565. The minimum absolute atomic E-state index is 0.0103. The van der Waals surface area contributed by atoms with Crippen LogP contribution < -0.4 is 11.5 Å². The summed E-state index contributed by atoms with van der Waals surface area (Å²) in [4.78, 5) is 30.1. The number of rotatable bonds is 5. The molecule has 1 aliphatic heterocycles. The number of aromatic nitrogens is 1. The van der Waals surface area contributed by atoms with E-state index < -0.39 is 6.04 Å². The van der Waals surface area contributed by atoms with Gasteiger partial charge in [-0.05, 0) is 43.7 Å². The second-order valence-corrected chi connectivity index (χ2v) is 6.50. The topological polar surface area (TPSA) is 102 Å². The highest BCUT2D eigenvalue weighted by Gasteiger charge is 2.28. The maximum atomic E-state index is 12.3. The first-order valence-corrected chi connectivity index (χ1v) is 8.18. The average molecular weight is 318 g/mol. The first kappa shape index (κ1) is 17.4. The van der Waals surface area contributed by atoms with Gasteiger partial charge in [-0.25, -0.2) is 4.98 Å². The lowest BCUT2D eigenvalue weighted by Gasteiger charge is -2.35. The molecule has 0 saturated carbocycles. The van der Waals surface area contributed by atoms with E-state index in [4.69, 9.17) is 11.5 Å². The predicted octanol–water partition coefficient (Wildman–Crippen LogP) is 1.46. The van der Waals surface area contributed by atoms with Gasteiger partial charge in [0.2, 0.25) is 5.91 Å². The molecule has 6 heteroatoms. The Kier molecular flexibility index (Phi) is 5.71. The van der Waals surface area contributed by atoms with Gasteiger partial charge < -0.3 is 16.4 Å². The molecule has 0 aromatic carbocycles. The first-order valence-electron chi connectivity index (χ1n) is 8.18. The molecule has 1 aromatic rings. The number of piperidine rings is 1. The molecule has 1 amide bonds. The third kappa shape index (κ3) is 4.51. The minimum atomic E-state index is -0.444. The number of anilines is 1. The fourth-order valence-electron chi connectivity index (χ4n) is 3.15. The maximum absolute atomic E-state index is 12.3. The van der Waals surface area contributed by atoms with Gasteiger partial charge in [-0.15, -0.1) is 0 Å². The van der Waals surface area contributed by atoms with E-state index in [0.29, 0.717) is 23.9 Å². The quantitative estimate of drug-likeness (QED) is 0.800. The van der Waals surface area contributed by atoms with E-state index in [1.54, 1.807) is 25.1 Å². The van der Waals surface area contributed by atoms with Crippen molar-refractivity contribution in [1.29, 1.82) is 0 Å². The molecule has 126 valence electrons. The molecule has 1 saturated heterocycles. The number of ketones is 1. The minimum Gasteiger partial charge on any atom is -0.384 e. The average Bonchev–Trinajstić information content (AvgIpc) is 2.54. The van der Waals surface area contributed by atoms with Crippen LogP contribution in [0.4, 0.5) is 5.82 Å². The molecular formula is C17H26N4O2. The molecule has 1 unspecified atom stereocenters. The molecule has 0 aliphatic carbocycles. The number of nitrogens with two attached hydrogens (primary N) is 2. The smallest absolute Gasteiger partial charge is 0.239 e. The lowest BCUT2D eigenvalue weighted by atomic mass is 9.82. The Morgan fingerprint density at radius 2 is 1.96 bits per heavy atom. The SMILES string of the molecule is CC(CC(=O)c1cccc(N)n1)C1CCN(C(=O)[C@H](C)N)CC1. The summed E-state index contributed by atoms with van der Waals surface area (Å²) in [5.41, 5.74) is 11.7. The van der Waals surface area contributed by atoms with Crippen LogP contribution in [0.5, 0.6) is 0 Å². The van der Waals surface area contributed by atoms with Crippen LogP contribution in [0.3, 0.4) is 0 Å². The predicted molar refractivity (Wildman–Crippen MR) is 89.7 cm³/mol. The third-order valence-electron chi connectivity index (χ3n) is 4.61. The molecule has 2 atom stereocenters. The van der Waals surface area contributed by atoms with E-state index in [-0.39, 0.29) is 17.6 Å². The molecular weight excluding hydrogens is 292 g/mol. The second kappa shape index (κ2) is 7.55. The number of pyridine rings is 1. The molecule has 0 radical (unpaired) electrons. The van der Waals surface area contributed by atoms with E-state index in [0.717, 1.165) is 25.9 Å². The van der Waals surface area contributed by atoms with Crippen LogP contribution in [0, 0.1) is 11.8 Å². The van der Waals surface area contributed by atoms with Crippen molar-refractivity contribution in [3.05, 3.63) is 23.9 Å². The van der Waals surface area contributed by atoms with Gasteiger partial charge in [0, 0.05) is 19.5 Å². The van der Waals surface area contributed by atoms with Gasteiger partial charge in [0.25, 0.3) is 0 Å². The second-order valence-electron chi connectivity index (χ2n) is 6.50. The molecule has 0 spiro atoms. The molecule has 0 bridgehead atoms. The largest absolute Gasteiger partial charge is 0.384 e.